The van der Waals surface area contributed by atoms with E-state index < -0.39 is 10.2 Å². The lowest BCUT2D eigenvalue weighted by Crippen LogP contribution is -2.44. The minimum Gasteiger partial charge on any atom is -0.314 e. The molecule has 5 nitrogen and oxygen atoms in total. The van der Waals surface area contributed by atoms with E-state index in [1.54, 1.807) is 4.31 Å². The molecule has 2 N–H and O–H groups in total. The Labute approximate surface area is 126 Å². The van der Waals surface area contributed by atoms with Gasteiger partial charge in [0, 0.05) is 25.7 Å². The predicted molar refractivity (Wildman–Crippen MR) is 83.1 cm³/mol. The lowest BCUT2D eigenvalue weighted by atomic mass is 10.0. The highest BCUT2D eigenvalue weighted by atomic mass is 32.2. The Morgan fingerprint density at radius 1 is 1.29 bits per heavy atom. The molecule has 0 amide bonds. The van der Waals surface area contributed by atoms with Crippen LogP contribution in [0, 0.1) is 0 Å². The predicted octanol–water partition coefficient (Wildman–Crippen LogP) is 1.02. The summed E-state index contributed by atoms with van der Waals surface area (Å²) in [7, 11) is -3.36. The van der Waals surface area contributed by atoms with Crippen LogP contribution in [0.4, 0.5) is 0 Å². The summed E-state index contributed by atoms with van der Waals surface area (Å²) in [4.78, 5) is 0. The zero-order valence-electron chi connectivity index (χ0n) is 12.2. The van der Waals surface area contributed by atoms with Crippen molar-refractivity contribution in [2.75, 3.05) is 19.6 Å². The van der Waals surface area contributed by atoms with Crippen LogP contribution in [0.1, 0.15) is 30.4 Å². The molecule has 0 aromatic heterocycles. The van der Waals surface area contributed by atoms with Gasteiger partial charge in [0.25, 0.3) is 10.2 Å². The molecule has 0 aliphatic carbocycles. The van der Waals surface area contributed by atoms with E-state index in [1.807, 2.05) is 18.2 Å². The van der Waals surface area contributed by atoms with E-state index in [0.29, 0.717) is 25.7 Å². The maximum atomic E-state index is 12.4. The van der Waals surface area contributed by atoms with Crippen LogP contribution in [0.2, 0.25) is 0 Å². The van der Waals surface area contributed by atoms with E-state index in [2.05, 4.69) is 16.1 Å². The van der Waals surface area contributed by atoms with Gasteiger partial charge in [-0.15, -0.1) is 0 Å². The van der Waals surface area contributed by atoms with Crippen molar-refractivity contribution in [1.82, 2.24) is 14.3 Å². The molecule has 1 saturated heterocycles. The monoisotopic (exact) mass is 309 g/mol. The highest BCUT2D eigenvalue weighted by molar-refractivity contribution is 7.87. The lowest BCUT2D eigenvalue weighted by Gasteiger charge is -2.28. The van der Waals surface area contributed by atoms with Crippen LogP contribution in [0.3, 0.4) is 0 Å². The summed E-state index contributed by atoms with van der Waals surface area (Å²) >= 11 is 0. The minimum atomic E-state index is -3.36. The maximum absolute atomic E-state index is 12.4. The second-order valence-corrected chi connectivity index (χ2v) is 7.59. The Bertz CT molecular complexity index is 582. The van der Waals surface area contributed by atoms with Crippen LogP contribution in [0.5, 0.6) is 0 Å². The molecule has 0 unspecified atom stereocenters. The van der Waals surface area contributed by atoms with Gasteiger partial charge >= 0.3 is 0 Å². The third-order valence-electron chi connectivity index (χ3n) is 4.38. The third kappa shape index (κ3) is 3.63. The van der Waals surface area contributed by atoms with Crippen LogP contribution in [-0.2, 0) is 23.2 Å². The first-order valence-electron chi connectivity index (χ1n) is 7.70. The van der Waals surface area contributed by atoms with Gasteiger partial charge in [-0.1, -0.05) is 24.3 Å². The fourth-order valence-electron chi connectivity index (χ4n) is 3.13. The quantitative estimate of drug-likeness (QED) is 0.854. The molecule has 0 radical (unpaired) electrons. The molecule has 0 saturated carbocycles. The average molecular weight is 309 g/mol. The SMILES string of the molecule is O=S(=O)(NCC[C@@H]1CCCN1)N1CCc2ccccc2C1. The number of nitrogens with one attached hydrogen (secondary N) is 2. The highest BCUT2D eigenvalue weighted by Gasteiger charge is 2.26. The highest BCUT2D eigenvalue weighted by Crippen LogP contribution is 2.20. The van der Waals surface area contributed by atoms with E-state index in [-0.39, 0.29) is 0 Å². The number of hydrogen-bond donors (Lipinski definition) is 2. The van der Waals surface area contributed by atoms with Crippen LogP contribution in [0.25, 0.3) is 0 Å². The average Bonchev–Trinajstić information content (AvgIpc) is 3.00. The minimum absolute atomic E-state index is 0.467. The molecule has 116 valence electrons. The Balaban J connectivity index is 1.55. The topological polar surface area (TPSA) is 61.4 Å². The summed E-state index contributed by atoms with van der Waals surface area (Å²) in [5.41, 5.74) is 2.38. The van der Waals surface area contributed by atoms with E-state index in [0.717, 1.165) is 31.4 Å². The molecule has 3 rings (SSSR count). The van der Waals surface area contributed by atoms with Gasteiger partial charge < -0.3 is 5.32 Å². The standard InChI is InChI=1S/C15H23N3O2S/c19-21(20,17-10-7-15-6-3-9-16-15)18-11-8-13-4-1-2-5-14(13)12-18/h1-2,4-5,15-17H,3,6-12H2/t15-/m0/s1. The van der Waals surface area contributed by atoms with Crippen LogP contribution in [0.15, 0.2) is 24.3 Å². The molecule has 6 heteroatoms. The van der Waals surface area contributed by atoms with Gasteiger partial charge in [0.05, 0.1) is 0 Å². The third-order valence-corrected chi connectivity index (χ3v) is 5.94. The number of benzene rings is 1. The molecule has 21 heavy (non-hydrogen) atoms. The molecule has 0 bridgehead atoms. The number of hydrogen-bond acceptors (Lipinski definition) is 3. The molecule has 1 atom stereocenters. The van der Waals surface area contributed by atoms with Gasteiger partial charge in [0.15, 0.2) is 0 Å². The van der Waals surface area contributed by atoms with Gasteiger partial charge in [-0.05, 0) is 43.4 Å². The summed E-state index contributed by atoms with van der Waals surface area (Å²) in [6.45, 7) is 2.61. The second-order valence-electron chi connectivity index (χ2n) is 5.83. The molecule has 1 aromatic rings. The zero-order valence-corrected chi connectivity index (χ0v) is 13.0. The summed E-state index contributed by atoms with van der Waals surface area (Å²) in [6.07, 6.45) is 4.00. The van der Waals surface area contributed by atoms with Crippen molar-refractivity contribution in [3.8, 4) is 0 Å². The Morgan fingerprint density at radius 2 is 2.10 bits per heavy atom. The molecule has 2 aliphatic heterocycles. The summed E-state index contributed by atoms with van der Waals surface area (Å²) in [5, 5.41) is 3.39. The van der Waals surface area contributed by atoms with Crippen LogP contribution >= 0.6 is 0 Å². The van der Waals surface area contributed by atoms with Gasteiger partial charge in [0.1, 0.15) is 0 Å². The fourth-order valence-corrected chi connectivity index (χ4v) is 4.33. The first-order chi connectivity index (χ1) is 10.1. The fraction of sp³-hybridized carbons (Fsp3) is 0.600. The first kappa shape index (κ1) is 15.0. The number of fused-ring (bicyclic) bond motifs is 1. The van der Waals surface area contributed by atoms with Crippen molar-refractivity contribution in [2.24, 2.45) is 0 Å². The van der Waals surface area contributed by atoms with E-state index in [4.69, 9.17) is 0 Å². The van der Waals surface area contributed by atoms with Gasteiger partial charge in [-0.3, -0.25) is 0 Å². The molecule has 1 fully saturated rings. The normalized spacial score (nSPS) is 23.1. The molecule has 2 aliphatic rings. The van der Waals surface area contributed by atoms with Crippen molar-refractivity contribution in [3.63, 3.8) is 0 Å². The molecule has 0 spiro atoms. The summed E-state index contributed by atoms with van der Waals surface area (Å²) < 4.78 is 29.0. The van der Waals surface area contributed by atoms with Crippen molar-refractivity contribution < 1.29 is 8.42 Å². The van der Waals surface area contributed by atoms with E-state index in [9.17, 15) is 8.42 Å². The van der Waals surface area contributed by atoms with Crippen molar-refractivity contribution in [2.45, 2.75) is 38.3 Å². The van der Waals surface area contributed by atoms with Gasteiger partial charge in [0.2, 0.25) is 0 Å². The van der Waals surface area contributed by atoms with Crippen LogP contribution < -0.4 is 10.0 Å². The zero-order chi connectivity index (χ0) is 14.7. The molecule has 1 aromatic carbocycles. The van der Waals surface area contributed by atoms with Crippen molar-refractivity contribution >= 4 is 10.2 Å². The molecule has 2 heterocycles. The summed E-state index contributed by atoms with van der Waals surface area (Å²) in [6, 6.07) is 8.54. The van der Waals surface area contributed by atoms with E-state index in [1.165, 1.54) is 12.0 Å². The maximum Gasteiger partial charge on any atom is 0.279 e. The smallest absolute Gasteiger partial charge is 0.279 e. The van der Waals surface area contributed by atoms with Crippen LogP contribution in [-0.4, -0.2) is 38.4 Å². The summed E-state index contributed by atoms with van der Waals surface area (Å²) in [5.74, 6) is 0. The van der Waals surface area contributed by atoms with Crippen molar-refractivity contribution in [1.29, 1.82) is 0 Å². The van der Waals surface area contributed by atoms with Gasteiger partial charge in [-0.25, -0.2) is 4.72 Å². The Hall–Kier alpha value is -0.950. The number of nitrogens with zero attached hydrogens (tertiary/aromatic N) is 1. The first-order valence-corrected chi connectivity index (χ1v) is 9.14. The Morgan fingerprint density at radius 3 is 2.86 bits per heavy atom. The molecular weight excluding hydrogens is 286 g/mol. The Kier molecular flexibility index (Phi) is 4.59. The largest absolute Gasteiger partial charge is 0.314 e. The number of rotatable bonds is 5. The lowest BCUT2D eigenvalue weighted by molar-refractivity contribution is 0.382. The van der Waals surface area contributed by atoms with Gasteiger partial charge in [-0.2, -0.15) is 12.7 Å². The van der Waals surface area contributed by atoms with E-state index >= 15 is 0 Å². The molecular formula is C15H23N3O2S. The van der Waals surface area contributed by atoms with Crippen molar-refractivity contribution in [3.05, 3.63) is 35.4 Å². The second kappa shape index (κ2) is 6.44.